The highest BCUT2D eigenvalue weighted by molar-refractivity contribution is 6.12. The van der Waals surface area contributed by atoms with E-state index in [1.807, 2.05) is 20.8 Å². The summed E-state index contributed by atoms with van der Waals surface area (Å²) in [7, 11) is 2.88. The van der Waals surface area contributed by atoms with E-state index in [2.05, 4.69) is 10.6 Å². The van der Waals surface area contributed by atoms with Crippen molar-refractivity contribution in [3.63, 3.8) is 0 Å². The van der Waals surface area contributed by atoms with E-state index in [-0.39, 0.29) is 33.8 Å². The van der Waals surface area contributed by atoms with Gasteiger partial charge in [-0.3, -0.25) is 9.59 Å². The molecule has 0 saturated heterocycles. The first-order valence-corrected chi connectivity index (χ1v) is 11.3. The lowest BCUT2D eigenvalue weighted by molar-refractivity contribution is 0.0918. The van der Waals surface area contributed by atoms with Gasteiger partial charge in [0.15, 0.2) is 0 Å². The molecule has 6 nitrogen and oxygen atoms in total. The highest BCUT2D eigenvalue weighted by Crippen LogP contribution is 2.41. The van der Waals surface area contributed by atoms with Gasteiger partial charge in [-0.25, -0.2) is 8.78 Å². The number of furan rings is 1. The van der Waals surface area contributed by atoms with Crippen LogP contribution >= 0.6 is 0 Å². The Morgan fingerprint density at radius 3 is 2.22 bits per heavy atom. The molecule has 0 spiro atoms. The number of carbonyl (C=O) groups is 2. The molecule has 0 unspecified atom stereocenters. The van der Waals surface area contributed by atoms with Crippen LogP contribution < -0.4 is 15.4 Å². The first-order valence-electron chi connectivity index (χ1n) is 11.3. The van der Waals surface area contributed by atoms with Gasteiger partial charge < -0.3 is 19.8 Å². The maximum Gasteiger partial charge on any atom is 0.255 e. The Labute approximate surface area is 207 Å². The van der Waals surface area contributed by atoms with Gasteiger partial charge in [-0.15, -0.1) is 0 Å². The quantitative estimate of drug-likeness (QED) is 0.361. The summed E-state index contributed by atoms with van der Waals surface area (Å²) in [6, 6.07) is 13.2. The molecule has 0 saturated carbocycles. The first kappa shape index (κ1) is 24.9. The predicted octanol–water partition coefficient (Wildman–Crippen LogP) is 5.94. The molecule has 2 N–H and O–H groups in total. The molecule has 3 aromatic carbocycles. The summed E-state index contributed by atoms with van der Waals surface area (Å²) in [5, 5.41) is 5.37. The molecule has 1 heterocycles. The van der Waals surface area contributed by atoms with Crippen LogP contribution in [-0.2, 0) is 0 Å². The summed E-state index contributed by atoms with van der Waals surface area (Å²) in [6.07, 6.45) is 0. The SMILES string of the molecule is CNC(=O)c1c(-c2ccc(F)cc2)oc2ccc(-c3cc(C(=O)NC(C)(C)C)ccc3OC)c(F)c12. The highest BCUT2D eigenvalue weighted by Gasteiger charge is 2.27. The van der Waals surface area contributed by atoms with E-state index in [0.29, 0.717) is 22.4 Å². The third kappa shape index (κ3) is 4.66. The lowest BCUT2D eigenvalue weighted by Gasteiger charge is -2.21. The molecular weight excluding hydrogens is 466 g/mol. The van der Waals surface area contributed by atoms with Crippen LogP contribution in [0.25, 0.3) is 33.4 Å². The Kier molecular flexibility index (Phi) is 6.54. The monoisotopic (exact) mass is 492 g/mol. The molecule has 0 bridgehead atoms. The standard InChI is InChI=1S/C28H26F2N2O4/c1-28(2,3)32-26(33)16-8-12-20(35-5)19(14-16)18-11-13-21-22(24(18)30)23(27(34)31-4)25(36-21)15-6-9-17(29)10-7-15/h6-14H,1-5H3,(H,31,34)(H,32,33). The van der Waals surface area contributed by atoms with Crippen LogP contribution in [0.1, 0.15) is 41.5 Å². The molecule has 0 aliphatic rings. The van der Waals surface area contributed by atoms with E-state index in [0.717, 1.165) is 0 Å². The van der Waals surface area contributed by atoms with Crippen molar-refractivity contribution in [2.24, 2.45) is 0 Å². The van der Waals surface area contributed by atoms with Crippen LogP contribution in [-0.4, -0.2) is 31.5 Å². The van der Waals surface area contributed by atoms with E-state index >= 15 is 4.39 Å². The van der Waals surface area contributed by atoms with Gasteiger partial charge in [0.1, 0.15) is 28.7 Å². The van der Waals surface area contributed by atoms with Crippen molar-refractivity contribution in [1.82, 2.24) is 10.6 Å². The van der Waals surface area contributed by atoms with Gasteiger partial charge in [-0.05, 0) is 75.4 Å². The Morgan fingerprint density at radius 2 is 1.61 bits per heavy atom. The van der Waals surface area contributed by atoms with Crippen LogP contribution in [0.2, 0.25) is 0 Å². The molecule has 0 aliphatic carbocycles. The van der Waals surface area contributed by atoms with E-state index in [1.54, 1.807) is 24.3 Å². The average Bonchev–Trinajstić information content (AvgIpc) is 3.23. The number of hydrogen-bond donors (Lipinski definition) is 2. The number of benzene rings is 3. The third-order valence-corrected chi connectivity index (χ3v) is 5.59. The van der Waals surface area contributed by atoms with Gasteiger partial charge in [0.2, 0.25) is 0 Å². The van der Waals surface area contributed by atoms with Crippen molar-refractivity contribution < 1.29 is 27.5 Å². The molecule has 0 fully saturated rings. The van der Waals surface area contributed by atoms with Gasteiger partial charge in [0, 0.05) is 34.8 Å². The number of fused-ring (bicyclic) bond motifs is 1. The zero-order chi connectivity index (χ0) is 26.2. The molecule has 186 valence electrons. The zero-order valence-electron chi connectivity index (χ0n) is 20.6. The maximum atomic E-state index is 16.2. The lowest BCUT2D eigenvalue weighted by atomic mass is 9.97. The van der Waals surface area contributed by atoms with Crippen LogP contribution in [0.4, 0.5) is 8.78 Å². The molecule has 0 aliphatic heterocycles. The normalized spacial score (nSPS) is 11.4. The second-order valence-electron chi connectivity index (χ2n) is 9.31. The maximum absolute atomic E-state index is 16.2. The topological polar surface area (TPSA) is 80.6 Å². The zero-order valence-corrected chi connectivity index (χ0v) is 20.6. The number of halogens is 2. The fourth-order valence-electron chi connectivity index (χ4n) is 3.98. The number of ether oxygens (including phenoxy) is 1. The minimum Gasteiger partial charge on any atom is -0.496 e. The molecule has 4 aromatic rings. The minimum atomic E-state index is -0.713. The Morgan fingerprint density at radius 1 is 0.917 bits per heavy atom. The van der Waals surface area contributed by atoms with Crippen molar-refractivity contribution in [3.05, 3.63) is 77.4 Å². The molecule has 1 aromatic heterocycles. The van der Waals surface area contributed by atoms with Gasteiger partial charge in [-0.1, -0.05) is 0 Å². The molecule has 36 heavy (non-hydrogen) atoms. The molecule has 0 radical (unpaired) electrons. The third-order valence-electron chi connectivity index (χ3n) is 5.59. The summed E-state index contributed by atoms with van der Waals surface area (Å²) >= 11 is 0. The second kappa shape index (κ2) is 9.45. The number of rotatable bonds is 5. The Hall–Kier alpha value is -4.20. The number of hydrogen-bond acceptors (Lipinski definition) is 4. The summed E-state index contributed by atoms with van der Waals surface area (Å²) in [5.74, 6) is -1.58. The summed E-state index contributed by atoms with van der Waals surface area (Å²) in [6.45, 7) is 5.59. The highest BCUT2D eigenvalue weighted by atomic mass is 19.1. The number of nitrogens with one attached hydrogen (secondary N) is 2. The number of amides is 2. The molecular formula is C28H26F2N2O4. The summed E-state index contributed by atoms with van der Waals surface area (Å²) < 4.78 is 41.0. The van der Waals surface area contributed by atoms with E-state index < -0.39 is 23.1 Å². The molecule has 8 heteroatoms. The largest absolute Gasteiger partial charge is 0.496 e. The first-order chi connectivity index (χ1) is 17.0. The van der Waals surface area contributed by atoms with E-state index in [4.69, 9.17) is 9.15 Å². The number of carbonyl (C=O) groups excluding carboxylic acids is 2. The van der Waals surface area contributed by atoms with E-state index in [1.165, 1.54) is 44.5 Å². The summed E-state index contributed by atoms with van der Waals surface area (Å²) in [5.41, 5.74) is 0.884. The van der Waals surface area contributed by atoms with Crippen molar-refractivity contribution in [2.45, 2.75) is 26.3 Å². The van der Waals surface area contributed by atoms with Crippen molar-refractivity contribution in [2.75, 3.05) is 14.2 Å². The lowest BCUT2D eigenvalue weighted by Crippen LogP contribution is -2.40. The molecule has 2 amide bonds. The molecule has 4 rings (SSSR count). The Bertz CT molecular complexity index is 1470. The van der Waals surface area contributed by atoms with Crippen molar-refractivity contribution >= 4 is 22.8 Å². The molecule has 0 atom stereocenters. The van der Waals surface area contributed by atoms with Crippen LogP contribution in [0.3, 0.4) is 0 Å². The Balaban J connectivity index is 1.94. The van der Waals surface area contributed by atoms with Gasteiger partial charge in [0.25, 0.3) is 11.8 Å². The summed E-state index contributed by atoms with van der Waals surface area (Å²) in [4.78, 5) is 25.6. The van der Waals surface area contributed by atoms with Crippen LogP contribution in [0.15, 0.2) is 59.0 Å². The minimum absolute atomic E-state index is 0.0148. The van der Waals surface area contributed by atoms with Crippen molar-refractivity contribution in [3.8, 4) is 28.2 Å². The van der Waals surface area contributed by atoms with Crippen molar-refractivity contribution in [1.29, 1.82) is 0 Å². The smallest absolute Gasteiger partial charge is 0.255 e. The second-order valence-corrected chi connectivity index (χ2v) is 9.31. The van der Waals surface area contributed by atoms with E-state index in [9.17, 15) is 14.0 Å². The fraction of sp³-hybridized carbons (Fsp3) is 0.214. The average molecular weight is 493 g/mol. The van der Waals surface area contributed by atoms with Gasteiger partial charge in [0.05, 0.1) is 18.1 Å². The van der Waals surface area contributed by atoms with Gasteiger partial charge in [-0.2, -0.15) is 0 Å². The number of methoxy groups -OCH3 is 1. The van der Waals surface area contributed by atoms with Gasteiger partial charge >= 0.3 is 0 Å². The van der Waals surface area contributed by atoms with Crippen LogP contribution in [0.5, 0.6) is 5.75 Å². The fourth-order valence-corrected chi connectivity index (χ4v) is 3.98. The predicted molar refractivity (Wildman–Crippen MR) is 134 cm³/mol. The van der Waals surface area contributed by atoms with Crippen LogP contribution in [0, 0.1) is 11.6 Å².